The van der Waals surface area contributed by atoms with Crippen molar-refractivity contribution in [2.24, 2.45) is 0 Å². The lowest BCUT2D eigenvalue weighted by Crippen LogP contribution is -2.74. The topological polar surface area (TPSA) is 9.86 Å². The number of para-hydroxylation sites is 2. The highest BCUT2D eigenvalue weighted by atomic mass is 32.1. The molecule has 4 heteroatoms. The van der Waals surface area contributed by atoms with E-state index in [1.807, 2.05) is 11.3 Å². The monoisotopic (exact) mass is 848 g/mol. The maximum atomic E-state index is 2.48. The van der Waals surface area contributed by atoms with Crippen molar-refractivity contribution in [1.29, 1.82) is 0 Å². The molecule has 13 rings (SSSR count). The van der Waals surface area contributed by atoms with Gasteiger partial charge in [-0.1, -0.05) is 188 Å². The zero-order valence-corrected chi connectivity index (χ0v) is 36.7. The SMILES string of the molecule is c1ccc([Si](c2ccccc2)(c2ccccc2)c2cccc(-n3c4ccccc4c4cc(-n5c6ccccc6c6ccc(-c7cccc8c7sc7ccccc78)cc65)ccc43)c2)cc1. The van der Waals surface area contributed by atoms with Crippen LogP contribution in [0.15, 0.2) is 243 Å². The molecule has 10 aromatic carbocycles. The molecular formula is C60H40N2SSi. The number of thiophene rings is 1. The van der Waals surface area contributed by atoms with Crippen LogP contribution in [-0.4, -0.2) is 17.2 Å². The molecule has 0 amide bonds. The molecule has 0 spiro atoms. The molecule has 0 aliphatic carbocycles. The van der Waals surface area contributed by atoms with E-state index in [4.69, 9.17) is 0 Å². The lowest BCUT2D eigenvalue weighted by atomic mass is 10.0. The number of nitrogens with zero attached hydrogens (tertiary/aromatic N) is 2. The van der Waals surface area contributed by atoms with Crippen molar-refractivity contribution in [3.63, 3.8) is 0 Å². The summed E-state index contributed by atoms with van der Waals surface area (Å²) in [4.78, 5) is 0. The molecule has 3 heterocycles. The van der Waals surface area contributed by atoms with E-state index in [9.17, 15) is 0 Å². The first-order valence-corrected chi connectivity index (χ1v) is 24.8. The van der Waals surface area contributed by atoms with Crippen molar-refractivity contribution in [3.8, 4) is 22.5 Å². The molecule has 0 N–H and O–H groups in total. The Morgan fingerprint density at radius 3 is 1.48 bits per heavy atom. The smallest absolute Gasteiger partial charge is 0.179 e. The highest BCUT2D eigenvalue weighted by molar-refractivity contribution is 7.26. The Morgan fingerprint density at radius 2 is 0.797 bits per heavy atom. The summed E-state index contributed by atoms with van der Waals surface area (Å²) in [7, 11) is -2.75. The molecule has 0 aliphatic rings. The van der Waals surface area contributed by atoms with Gasteiger partial charge in [-0.25, -0.2) is 0 Å². The maximum absolute atomic E-state index is 2.75. The van der Waals surface area contributed by atoms with E-state index in [1.165, 1.54) is 95.7 Å². The second kappa shape index (κ2) is 14.7. The Balaban J connectivity index is 1.02. The molecule has 0 saturated heterocycles. The van der Waals surface area contributed by atoms with Gasteiger partial charge < -0.3 is 9.13 Å². The molecule has 13 aromatic rings. The average Bonchev–Trinajstić information content (AvgIpc) is 4.03. The van der Waals surface area contributed by atoms with E-state index < -0.39 is 8.07 Å². The zero-order chi connectivity index (χ0) is 42.2. The predicted octanol–water partition coefficient (Wildman–Crippen LogP) is 13.3. The van der Waals surface area contributed by atoms with Crippen LogP contribution in [0.25, 0.3) is 86.3 Å². The second-order valence-electron chi connectivity index (χ2n) is 16.8. The third kappa shape index (κ3) is 5.50. The van der Waals surface area contributed by atoms with Gasteiger partial charge in [-0.15, -0.1) is 11.3 Å². The normalized spacial score (nSPS) is 12.1. The molecule has 3 aromatic heterocycles. The Kier molecular flexibility index (Phi) is 8.45. The molecule has 300 valence electrons. The average molecular weight is 849 g/mol. The van der Waals surface area contributed by atoms with Crippen LogP contribution in [0.4, 0.5) is 0 Å². The number of benzene rings is 10. The first kappa shape index (κ1) is 36.9. The molecule has 0 aliphatic heterocycles. The van der Waals surface area contributed by atoms with E-state index in [0.29, 0.717) is 0 Å². The number of fused-ring (bicyclic) bond motifs is 9. The Bertz CT molecular complexity index is 3800. The summed E-state index contributed by atoms with van der Waals surface area (Å²) < 4.78 is 7.61. The van der Waals surface area contributed by atoms with E-state index in [0.717, 1.165) is 11.4 Å². The summed E-state index contributed by atoms with van der Waals surface area (Å²) in [6.45, 7) is 0. The van der Waals surface area contributed by atoms with Crippen LogP contribution in [-0.2, 0) is 0 Å². The third-order valence-corrected chi connectivity index (χ3v) is 19.5. The lowest BCUT2D eigenvalue weighted by Gasteiger charge is -2.34. The van der Waals surface area contributed by atoms with Gasteiger partial charge in [0.2, 0.25) is 0 Å². The molecule has 64 heavy (non-hydrogen) atoms. The van der Waals surface area contributed by atoms with E-state index in [2.05, 4.69) is 252 Å². The highest BCUT2D eigenvalue weighted by Crippen LogP contribution is 2.42. The van der Waals surface area contributed by atoms with E-state index in [1.54, 1.807) is 0 Å². The first-order chi connectivity index (χ1) is 31.8. The van der Waals surface area contributed by atoms with Crippen LogP contribution >= 0.6 is 11.3 Å². The van der Waals surface area contributed by atoms with Gasteiger partial charge in [-0.3, -0.25) is 0 Å². The summed E-state index contributed by atoms with van der Waals surface area (Å²) in [5.74, 6) is 0. The third-order valence-electron chi connectivity index (χ3n) is 13.5. The fraction of sp³-hybridized carbons (Fsp3) is 0. The highest BCUT2D eigenvalue weighted by Gasteiger charge is 2.41. The van der Waals surface area contributed by atoms with Gasteiger partial charge in [-0.2, -0.15) is 0 Å². The van der Waals surface area contributed by atoms with Gasteiger partial charge in [0.05, 0.1) is 22.1 Å². The molecule has 0 atom stereocenters. The Labute approximate surface area is 376 Å². The van der Waals surface area contributed by atoms with Crippen molar-refractivity contribution in [3.05, 3.63) is 243 Å². The van der Waals surface area contributed by atoms with E-state index >= 15 is 0 Å². The zero-order valence-electron chi connectivity index (χ0n) is 34.9. The quantitative estimate of drug-likeness (QED) is 0.112. The van der Waals surface area contributed by atoms with Crippen molar-refractivity contribution in [1.82, 2.24) is 9.13 Å². The van der Waals surface area contributed by atoms with Crippen molar-refractivity contribution in [2.75, 3.05) is 0 Å². The van der Waals surface area contributed by atoms with Gasteiger partial charge in [0.25, 0.3) is 0 Å². The standard InChI is InChI=1S/C60H40N2SSi/c1-4-19-44(20-5-1)64(45-21-6-2-7-22-45,46-23-8-3-9-24-46)47-25-16-18-42(39-47)61-56-32-14-11-27-50(56)54-40-43(35-37-57(54)61)62-55-31-13-10-26-49(55)51-36-34-41(38-58(51)62)48-29-17-30-53-52-28-12-15-33-59(52)63-60(48)53/h1-40H. The van der Waals surface area contributed by atoms with Crippen molar-refractivity contribution < 1.29 is 0 Å². The number of hydrogen-bond acceptors (Lipinski definition) is 1. The Hall–Kier alpha value is -7.76. The van der Waals surface area contributed by atoms with Crippen LogP contribution in [0.1, 0.15) is 0 Å². The molecule has 0 bridgehead atoms. The first-order valence-electron chi connectivity index (χ1n) is 22.0. The lowest BCUT2D eigenvalue weighted by molar-refractivity contribution is 1.17. The minimum Gasteiger partial charge on any atom is -0.309 e. The molecule has 0 unspecified atom stereocenters. The molecule has 0 fully saturated rings. The minimum absolute atomic E-state index is 1.15. The van der Waals surface area contributed by atoms with Crippen LogP contribution in [0.3, 0.4) is 0 Å². The van der Waals surface area contributed by atoms with E-state index in [-0.39, 0.29) is 0 Å². The summed E-state index contributed by atoms with van der Waals surface area (Å²) in [6, 6.07) is 90.4. The van der Waals surface area contributed by atoms with Gasteiger partial charge >= 0.3 is 0 Å². The van der Waals surface area contributed by atoms with Gasteiger partial charge in [-0.05, 0) is 86.5 Å². The number of aromatic nitrogens is 2. The summed E-state index contributed by atoms with van der Waals surface area (Å²) in [6.07, 6.45) is 0. The fourth-order valence-electron chi connectivity index (χ4n) is 10.7. The largest absolute Gasteiger partial charge is 0.309 e. The van der Waals surface area contributed by atoms with Crippen LogP contribution in [0.2, 0.25) is 0 Å². The summed E-state index contributed by atoms with van der Waals surface area (Å²) in [5, 5.41) is 13.1. The van der Waals surface area contributed by atoms with Crippen LogP contribution < -0.4 is 20.7 Å². The fourth-order valence-corrected chi connectivity index (χ4v) is 16.7. The Morgan fingerprint density at radius 1 is 0.297 bits per heavy atom. The van der Waals surface area contributed by atoms with Gasteiger partial charge in [0.15, 0.2) is 8.07 Å². The molecule has 2 nitrogen and oxygen atoms in total. The molecule has 0 saturated carbocycles. The van der Waals surface area contributed by atoms with Gasteiger partial charge in [0, 0.05) is 53.1 Å². The predicted molar refractivity (Wildman–Crippen MR) is 277 cm³/mol. The number of rotatable bonds is 7. The van der Waals surface area contributed by atoms with Crippen molar-refractivity contribution >= 4 is 104 Å². The minimum atomic E-state index is -2.75. The van der Waals surface area contributed by atoms with Crippen LogP contribution in [0.5, 0.6) is 0 Å². The second-order valence-corrected chi connectivity index (χ2v) is 21.7. The van der Waals surface area contributed by atoms with Crippen LogP contribution in [0, 0.1) is 0 Å². The number of hydrogen-bond donors (Lipinski definition) is 0. The van der Waals surface area contributed by atoms with Gasteiger partial charge in [0.1, 0.15) is 0 Å². The molecule has 0 radical (unpaired) electrons. The maximum Gasteiger partial charge on any atom is 0.179 e. The summed E-state index contributed by atoms with van der Waals surface area (Å²) >= 11 is 1.89. The summed E-state index contributed by atoms with van der Waals surface area (Å²) in [5.41, 5.74) is 9.60. The van der Waals surface area contributed by atoms with Crippen molar-refractivity contribution in [2.45, 2.75) is 0 Å². The molecular weight excluding hydrogens is 809 g/mol.